The van der Waals surface area contributed by atoms with Gasteiger partial charge < -0.3 is 53.6 Å². The van der Waals surface area contributed by atoms with E-state index < -0.39 is 18.3 Å². The van der Waals surface area contributed by atoms with Crippen molar-refractivity contribution in [2.24, 2.45) is 0 Å². The number of carbonyl (C=O) groups excluding carboxylic acids is 2. The van der Waals surface area contributed by atoms with Crippen LogP contribution in [0.2, 0.25) is 0 Å². The van der Waals surface area contributed by atoms with Gasteiger partial charge in [0.1, 0.15) is 6.42 Å². The Balaban J connectivity index is 3.16. The molecule has 0 aromatic carbocycles. The van der Waals surface area contributed by atoms with Gasteiger partial charge in [-0.2, -0.15) is 25.3 Å². The Morgan fingerprint density at radius 3 is 1.24 bits per heavy atom. The highest BCUT2D eigenvalue weighted by Crippen LogP contribution is 2.12. The largest absolute Gasteiger partial charge is 0.481 e. The number of carboxylic acid groups (broad SMARTS) is 1. The number of unbranched alkanes of at least 4 members (excludes halogenated alkanes) is 1. The van der Waals surface area contributed by atoms with Crippen LogP contribution >= 0.6 is 25.3 Å². The fraction of sp³-hybridized carbons (Fsp3) is 0.897. The summed E-state index contributed by atoms with van der Waals surface area (Å²) in [7, 11) is 0. The zero-order valence-electron chi connectivity index (χ0n) is 26.6. The van der Waals surface area contributed by atoms with Crippen molar-refractivity contribution in [3.05, 3.63) is 0 Å². The maximum absolute atomic E-state index is 11.8. The third kappa shape index (κ3) is 37.1. The van der Waals surface area contributed by atoms with Crippen molar-refractivity contribution in [3.8, 4) is 0 Å². The predicted molar refractivity (Wildman–Crippen MR) is 175 cm³/mol. The Morgan fingerprint density at radius 1 is 0.533 bits per heavy atom. The van der Waals surface area contributed by atoms with Crippen molar-refractivity contribution in [3.63, 3.8) is 0 Å². The van der Waals surface area contributed by atoms with Crippen LogP contribution in [0, 0.1) is 0 Å². The molecule has 0 spiro atoms. The van der Waals surface area contributed by atoms with Crippen LogP contribution < -0.4 is 10.6 Å². The number of ether oxygens (including phenoxy) is 8. The summed E-state index contributed by atoms with van der Waals surface area (Å²) in [4.78, 5) is 33.3. The smallest absolute Gasteiger partial charge is 0.312 e. The summed E-state index contributed by atoms with van der Waals surface area (Å²) in [6.07, 6.45) is 3.87. The molecule has 16 heteroatoms. The Kier molecular flexibility index (Phi) is 34.7. The van der Waals surface area contributed by atoms with Gasteiger partial charge in [0, 0.05) is 24.8 Å². The lowest BCUT2D eigenvalue weighted by Crippen LogP contribution is -2.29. The summed E-state index contributed by atoms with van der Waals surface area (Å²) >= 11 is 8.70. The van der Waals surface area contributed by atoms with Crippen LogP contribution in [0.15, 0.2) is 0 Å². The first-order valence-electron chi connectivity index (χ1n) is 15.6. The number of thiol groups is 2. The van der Waals surface area contributed by atoms with Crippen molar-refractivity contribution in [2.45, 2.75) is 43.8 Å². The van der Waals surface area contributed by atoms with Crippen LogP contribution in [0.25, 0.3) is 0 Å². The summed E-state index contributed by atoms with van der Waals surface area (Å²) < 4.78 is 43.3. The van der Waals surface area contributed by atoms with E-state index in [9.17, 15) is 14.4 Å². The Morgan fingerprint density at radius 2 is 0.889 bits per heavy atom. The molecule has 0 saturated carbocycles. The van der Waals surface area contributed by atoms with Crippen LogP contribution in [0.1, 0.15) is 38.5 Å². The van der Waals surface area contributed by atoms with Gasteiger partial charge in [0.05, 0.1) is 106 Å². The van der Waals surface area contributed by atoms with Crippen molar-refractivity contribution >= 4 is 43.0 Å². The molecule has 0 aromatic heterocycles. The Hall–Kier alpha value is -1.21. The van der Waals surface area contributed by atoms with Crippen LogP contribution in [-0.2, 0) is 52.3 Å². The number of hydrogen-bond donors (Lipinski definition) is 5. The van der Waals surface area contributed by atoms with E-state index in [1.54, 1.807) is 0 Å². The Bertz CT molecular complexity index is 698. The van der Waals surface area contributed by atoms with E-state index in [2.05, 4.69) is 35.9 Å². The molecule has 3 N–H and O–H groups in total. The lowest BCUT2D eigenvalue weighted by molar-refractivity contribution is -0.140. The molecule has 266 valence electrons. The average Bonchev–Trinajstić information content (AvgIpc) is 3.00. The minimum Gasteiger partial charge on any atom is -0.481 e. The minimum atomic E-state index is -1.16. The molecule has 0 aromatic rings. The van der Waals surface area contributed by atoms with E-state index in [1.807, 2.05) is 0 Å². The summed E-state index contributed by atoms with van der Waals surface area (Å²) in [6.45, 7) is 7.80. The molecule has 1 atom stereocenters. The second-order valence-corrected chi connectivity index (χ2v) is 10.8. The van der Waals surface area contributed by atoms with Gasteiger partial charge >= 0.3 is 5.97 Å². The number of amides is 2. The number of aliphatic carboxylic acids is 1. The topological polar surface area (TPSA) is 169 Å². The lowest BCUT2D eigenvalue weighted by Gasteiger charge is -2.09. The zero-order chi connectivity index (χ0) is 33.1. The quantitative estimate of drug-likeness (QED) is 0.0361. The van der Waals surface area contributed by atoms with Gasteiger partial charge in [0.25, 0.3) is 0 Å². The van der Waals surface area contributed by atoms with Gasteiger partial charge in [-0.15, -0.1) is 0 Å². The summed E-state index contributed by atoms with van der Waals surface area (Å²) in [5.74, 6) is -0.810. The number of nitrogens with one attached hydrogen (secondary N) is 2. The normalized spacial score (nSPS) is 11.9. The maximum atomic E-state index is 11.8. The molecule has 0 aliphatic heterocycles. The monoisotopic (exact) mass is 688 g/mol. The molecule has 0 fully saturated rings. The van der Waals surface area contributed by atoms with Crippen molar-refractivity contribution in [2.75, 3.05) is 125 Å². The highest BCUT2D eigenvalue weighted by atomic mass is 32.1. The summed E-state index contributed by atoms with van der Waals surface area (Å²) in [5.41, 5.74) is 0. The molecule has 0 aliphatic rings. The molecule has 0 rings (SSSR count). The molecular formula is C29H56N2O12S2. The lowest BCUT2D eigenvalue weighted by atomic mass is 10.1. The molecule has 0 radical (unpaired) electrons. The van der Waals surface area contributed by atoms with Gasteiger partial charge in [0.2, 0.25) is 11.8 Å². The highest BCUT2D eigenvalue weighted by Gasteiger charge is 2.06. The number of rotatable bonds is 36. The summed E-state index contributed by atoms with van der Waals surface area (Å²) in [5, 5.41) is 14.1. The van der Waals surface area contributed by atoms with E-state index in [-0.39, 0.29) is 19.1 Å². The van der Waals surface area contributed by atoms with E-state index in [4.69, 9.17) is 43.0 Å². The third-order valence-electron chi connectivity index (χ3n) is 5.71. The first-order chi connectivity index (χ1) is 22.0. The zero-order valence-corrected chi connectivity index (χ0v) is 28.4. The van der Waals surface area contributed by atoms with Crippen LogP contribution in [-0.4, -0.2) is 153 Å². The first kappa shape index (κ1) is 43.8. The average molecular weight is 689 g/mol. The van der Waals surface area contributed by atoms with Crippen molar-refractivity contribution < 1.29 is 57.4 Å². The van der Waals surface area contributed by atoms with E-state index in [1.165, 1.54) is 0 Å². The van der Waals surface area contributed by atoms with Crippen LogP contribution in [0.3, 0.4) is 0 Å². The summed E-state index contributed by atoms with van der Waals surface area (Å²) in [6, 6.07) is 0. The molecule has 0 aliphatic carbocycles. The predicted octanol–water partition coefficient (Wildman–Crippen LogP) is 1.01. The van der Waals surface area contributed by atoms with Gasteiger partial charge in [-0.3, -0.25) is 14.4 Å². The molecule has 2 amide bonds. The molecular weight excluding hydrogens is 632 g/mol. The molecule has 0 saturated heterocycles. The fourth-order valence-electron chi connectivity index (χ4n) is 3.41. The third-order valence-corrected chi connectivity index (χ3v) is 6.48. The number of hydrogen-bond acceptors (Lipinski definition) is 13. The molecule has 0 bridgehead atoms. The van der Waals surface area contributed by atoms with Gasteiger partial charge in [0.15, 0.2) is 0 Å². The number of carboxylic acids is 1. The van der Waals surface area contributed by atoms with Gasteiger partial charge in [-0.25, -0.2) is 0 Å². The highest BCUT2D eigenvalue weighted by molar-refractivity contribution is 7.81. The van der Waals surface area contributed by atoms with Gasteiger partial charge in [-0.05, 0) is 25.0 Å². The fourth-order valence-corrected chi connectivity index (χ4v) is 4.24. The molecule has 14 nitrogen and oxygen atoms in total. The second-order valence-electron chi connectivity index (χ2n) is 9.58. The minimum absolute atomic E-state index is 0.0547. The second kappa shape index (κ2) is 35.6. The van der Waals surface area contributed by atoms with Crippen LogP contribution in [0.4, 0.5) is 0 Å². The van der Waals surface area contributed by atoms with Gasteiger partial charge in [-0.1, -0.05) is 6.42 Å². The van der Waals surface area contributed by atoms with E-state index >= 15 is 0 Å². The van der Waals surface area contributed by atoms with Crippen molar-refractivity contribution in [1.29, 1.82) is 0 Å². The molecule has 1 unspecified atom stereocenters. The van der Waals surface area contributed by atoms with E-state index in [0.29, 0.717) is 117 Å². The first-order valence-corrected chi connectivity index (χ1v) is 16.8. The standard InChI is InChI=1S/C29H56N2O12S2/c32-27(4-2-1-3-26(45)5-24-44)30-6-8-36-10-12-38-14-16-40-18-20-42-22-23-43-21-19-41-17-15-39-13-11-37-9-7-31-28(33)25-29(34)35/h26,44-45H,1-25H2,(H,30,32)(H,31,33)(H,34,35). The van der Waals surface area contributed by atoms with Crippen LogP contribution in [0.5, 0.6) is 0 Å². The molecule has 0 heterocycles. The maximum Gasteiger partial charge on any atom is 0.312 e. The SMILES string of the molecule is O=C(O)CC(=O)NCCOCCOCCOCCOCCOCCOCCOCCOCCNC(=O)CCCCC(S)CCS. The van der Waals surface area contributed by atoms with E-state index in [0.717, 1.165) is 31.4 Å². The molecule has 45 heavy (non-hydrogen) atoms. The van der Waals surface area contributed by atoms with Crippen molar-refractivity contribution in [1.82, 2.24) is 10.6 Å². The number of carbonyl (C=O) groups is 3. The Labute approximate surface area is 279 Å².